The predicted molar refractivity (Wildman–Crippen MR) is 75.2 cm³/mol. The Balaban J connectivity index is 2.18. The van der Waals surface area contributed by atoms with Crippen LogP contribution in [0.2, 0.25) is 0 Å². The molecule has 0 saturated heterocycles. The van der Waals surface area contributed by atoms with E-state index in [0.29, 0.717) is 0 Å². The van der Waals surface area contributed by atoms with Gasteiger partial charge in [-0.1, -0.05) is 13.8 Å². The van der Waals surface area contributed by atoms with Crippen LogP contribution in [-0.2, 0) is 0 Å². The zero-order valence-electron chi connectivity index (χ0n) is 11.0. The average Bonchev–Trinajstić information content (AvgIpc) is 2.76. The minimum absolute atomic E-state index is 0.276. The molecule has 1 aromatic rings. The minimum atomic E-state index is 0.276. The van der Waals surface area contributed by atoms with Gasteiger partial charge in [-0.2, -0.15) is 0 Å². The van der Waals surface area contributed by atoms with Crippen LogP contribution in [0.1, 0.15) is 39.0 Å². The molecule has 1 aromatic heterocycles. The third-order valence-electron chi connectivity index (χ3n) is 3.02. The van der Waals surface area contributed by atoms with Gasteiger partial charge < -0.3 is 14.6 Å². The minimum Gasteiger partial charge on any atom is -0.453 e. The zero-order chi connectivity index (χ0) is 12.7. The zero-order valence-corrected chi connectivity index (χ0v) is 12.6. The maximum absolute atomic E-state index is 5.51. The van der Waals surface area contributed by atoms with Gasteiger partial charge in [0.15, 0.2) is 4.67 Å². The van der Waals surface area contributed by atoms with Gasteiger partial charge in [0.2, 0.25) is 0 Å². The molecular formula is C13H23BrN2O. The third kappa shape index (κ3) is 5.23. The van der Waals surface area contributed by atoms with Gasteiger partial charge in [-0.05, 0) is 67.6 Å². The summed E-state index contributed by atoms with van der Waals surface area (Å²) in [4.78, 5) is 2.44. The van der Waals surface area contributed by atoms with Gasteiger partial charge in [0.1, 0.15) is 5.76 Å². The van der Waals surface area contributed by atoms with E-state index in [1.807, 2.05) is 12.1 Å². The Morgan fingerprint density at radius 3 is 2.59 bits per heavy atom. The van der Waals surface area contributed by atoms with Crippen molar-refractivity contribution >= 4 is 15.9 Å². The molecule has 0 aliphatic heterocycles. The van der Waals surface area contributed by atoms with Gasteiger partial charge in [0.25, 0.3) is 0 Å². The fourth-order valence-electron chi connectivity index (χ4n) is 1.82. The van der Waals surface area contributed by atoms with Gasteiger partial charge in [-0.25, -0.2) is 0 Å². The van der Waals surface area contributed by atoms with Crippen molar-refractivity contribution in [3.8, 4) is 0 Å². The van der Waals surface area contributed by atoms with E-state index in [-0.39, 0.29) is 6.04 Å². The lowest BCUT2D eigenvalue weighted by Crippen LogP contribution is -2.28. The first-order valence-corrected chi connectivity index (χ1v) is 7.17. The van der Waals surface area contributed by atoms with E-state index >= 15 is 0 Å². The van der Waals surface area contributed by atoms with E-state index in [1.54, 1.807) is 0 Å². The second-order valence-electron chi connectivity index (χ2n) is 4.20. The molecule has 0 aromatic carbocycles. The van der Waals surface area contributed by atoms with Crippen LogP contribution in [0.4, 0.5) is 0 Å². The highest BCUT2D eigenvalue weighted by Crippen LogP contribution is 2.19. The number of hydrogen-bond acceptors (Lipinski definition) is 3. The summed E-state index contributed by atoms with van der Waals surface area (Å²) in [6.45, 7) is 11.0. The Morgan fingerprint density at radius 1 is 1.35 bits per heavy atom. The SMILES string of the molecule is CCN(CC)CCCNC(C)c1ccc(Br)o1. The lowest BCUT2D eigenvalue weighted by atomic mass is 10.2. The summed E-state index contributed by atoms with van der Waals surface area (Å²) in [6, 6.07) is 4.22. The maximum Gasteiger partial charge on any atom is 0.169 e. The molecule has 1 atom stereocenters. The van der Waals surface area contributed by atoms with Crippen LogP contribution in [0.3, 0.4) is 0 Å². The Hall–Kier alpha value is -0.320. The van der Waals surface area contributed by atoms with E-state index in [2.05, 4.69) is 46.9 Å². The molecule has 1 unspecified atom stereocenters. The third-order valence-corrected chi connectivity index (χ3v) is 3.44. The summed E-state index contributed by atoms with van der Waals surface area (Å²) in [6.07, 6.45) is 1.17. The molecule has 0 fully saturated rings. The molecule has 0 saturated carbocycles. The molecule has 98 valence electrons. The molecular weight excluding hydrogens is 280 g/mol. The molecule has 1 heterocycles. The van der Waals surface area contributed by atoms with Crippen molar-refractivity contribution < 1.29 is 4.42 Å². The lowest BCUT2D eigenvalue weighted by Gasteiger charge is -2.18. The summed E-state index contributed by atoms with van der Waals surface area (Å²) in [5.41, 5.74) is 0. The van der Waals surface area contributed by atoms with E-state index in [4.69, 9.17) is 4.42 Å². The Kier molecular flexibility index (Phi) is 6.85. The van der Waals surface area contributed by atoms with Crippen molar-refractivity contribution in [1.29, 1.82) is 0 Å². The molecule has 1 N–H and O–H groups in total. The summed E-state index contributed by atoms with van der Waals surface area (Å²) in [5, 5.41) is 3.47. The van der Waals surface area contributed by atoms with Crippen LogP contribution >= 0.6 is 15.9 Å². The van der Waals surface area contributed by atoms with Crippen molar-refractivity contribution in [2.24, 2.45) is 0 Å². The molecule has 4 heteroatoms. The summed E-state index contributed by atoms with van der Waals surface area (Å²) >= 11 is 3.32. The Bertz CT molecular complexity index is 310. The standard InChI is InChI=1S/C13H23BrN2O/c1-4-16(5-2)10-6-9-15-11(3)12-7-8-13(14)17-12/h7-8,11,15H,4-6,9-10H2,1-3H3. The quantitative estimate of drug-likeness (QED) is 0.746. The Morgan fingerprint density at radius 2 is 2.06 bits per heavy atom. The van der Waals surface area contributed by atoms with Gasteiger partial charge >= 0.3 is 0 Å². The molecule has 0 aliphatic rings. The number of halogens is 1. The van der Waals surface area contributed by atoms with Gasteiger partial charge in [-0.3, -0.25) is 0 Å². The smallest absolute Gasteiger partial charge is 0.169 e. The molecule has 3 nitrogen and oxygen atoms in total. The number of rotatable bonds is 8. The first-order chi connectivity index (χ1) is 8.17. The summed E-state index contributed by atoms with van der Waals surface area (Å²) in [7, 11) is 0. The van der Waals surface area contributed by atoms with Gasteiger partial charge in [0.05, 0.1) is 6.04 Å². The highest BCUT2D eigenvalue weighted by Gasteiger charge is 2.08. The van der Waals surface area contributed by atoms with Crippen LogP contribution in [0.15, 0.2) is 21.2 Å². The van der Waals surface area contributed by atoms with E-state index in [0.717, 1.165) is 36.6 Å². The van der Waals surface area contributed by atoms with E-state index in [9.17, 15) is 0 Å². The largest absolute Gasteiger partial charge is 0.453 e. The van der Waals surface area contributed by atoms with Gasteiger partial charge in [-0.15, -0.1) is 0 Å². The van der Waals surface area contributed by atoms with E-state index < -0.39 is 0 Å². The van der Waals surface area contributed by atoms with Crippen molar-refractivity contribution in [2.75, 3.05) is 26.2 Å². The second kappa shape index (κ2) is 7.90. The fraction of sp³-hybridized carbons (Fsp3) is 0.692. The maximum atomic E-state index is 5.51. The Labute approximate surface area is 113 Å². The molecule has 17 heavy (non-hydrogen) atoms. The molecule has 0 bridgehead atoms. The number of nitrogens with one attached hydrogen (secondary N) is 1. The molecule has 0 amide bonds. The summed E-state index contributed by atoms with van der Waals surface area (Å²) in [5.74, 6) is 0.986. The topological polar surface area (TPSA) is 28.4 Å². The van der Waals surface area contributed by atoms with Gasteiger partial charge in [0, 0.05) is 0 Å². The molecule has 1 rings (SSSR count). The van der Waals surface area contributed by atoms with Crippen molar-refractivity contribution in [1.82, 2.24) is 10.2 Å². The molecule has 0 aliphatic carbocycles. The van der Waals surface area contributed by atoms with Crippen molar-refractivity contribution in [3.05, 3.63) is 22.6 Å². The molecule has 0 radical (unpaired) electrons. The first-order valence-electron chi connectivity index (χ1n) is 6.38. The number of nitrogens with zero attached hydrogens (tertiary/aromatic N) is 1. The lowest BCUT2D eigenvalue weighted by molar-refractivity contribution is 0.294. The first kappa shape index (κ1) is 14.7. The van der Waals surface area contributed by atoms with Crippen LogP contribution in [0.25, 0.3) is 0 Å². The fourth-order valence-corrected chi connectivity index (χ4v) is 2.14. The van der Waals surface area contributed by atoms with Crippen molar-refractivity contribution in [3.63, 3.8) is 0 Å². The molecule has 0 spiro atoms. The average molecular weight is 303 g/mol. The summed E-state index contributed by atoms with van der Waals surface area (Å²) < 4.78 is 6.31. The highest BCUT2D eigenvalue weighted by molar-refractivity contribution is 9.10. The van der Waals surface area contributed by atoms with Crippen LogP contribution < -0.4 is 5.32 Å². The van der Waals surface area contributed by atoms with Crippen LogP contribution in [0.5, 0.6) is 0 Å². The second-order valence-corrected chi connectivity index (χ2v) is 4.98. The van der Waals surface area contributed by atoms with Crippen LogP contribution in [-0.4, -0.2) is 31.1 Å². The number of furan rings is 1. The van der Waals surface area contributed by atoms with E-state index in [1.165, 1.54) is 6.42 Å². The van der Waals surface area contributed by atoms with Crippen LogP contribution in [0, 0.1) is 0 Å². The van der Waals surface area contributed by atoms with Crippen molar-refractivity contribution in [2.45, 2.75) is 33.2 Å². The predicted octanol–water partition coefficient (Wildman–Crippen LogP) is 3.42. The normalized spacial score (nSPS) is 13.2. The number of hydrogen-bond donors (Lipinski definition) is 1. The monoisotopic (exact) mass is 302 g/mol. The highest BCUT2D eigenvalue weighted by atomic mass is 79.9.